The fraction of sp³-hybridized carbons (Fsp3) is 0.615. The molecule has 0 saturated carbocycles. The van der Waals surface area contributed by atoms with E-state index in [1.165, 1.54) is 0 Å². The minimum atomic E-state index is -0.409. The normalized spacial score (nSPS) is 17.7. The lowest BCUT2D eigenvalue weighted by Crippen LogP contribution is -2.44. The van der Waals surface area contributed by atoms with Crippen LogP contribution in [0.2, 0.25) is 0 Å². The lowest BCUT2D eigenvalue weighted by molar-refractivity contribution is -0.384. The van der Waals surface area contributed by atoms with E-state index in [1.54, 1.807) is 26.3 Å². The van der Waals surface area contributed by atoms with Gasteiger partial charge in [-0.1, -0.05) is 0 Å². The first kappa shape index (κ1) is 14.7. The Hall–Kier alpha value is -1.73. The number of rotatable bonds is 5. The van der Waals surface area contributed by atoms with Gasteiger partial charge in [-0.15, -0.1) is 0 Å². The number of ether oxygens (including phenoxy) is 2. The van der Waals surface area contributed by atoms with E-state index in [1.807, 2.05) is 0 Å². The van der Waals surface area contributed by atoms with Crippen LogP contribution in [0.5, 0.6) is 0 Å². The van der Waals surface area contributed by atoms with Crippen LogP contribution in [0.4, 0.5) is 11.5 Å². The number of anilines is 1. The molecule has 0 spiro atoms. The molecule has 1 saturated heterocycles. The molecule has 0 amide bonds. The number of nitro groups is 1. The molecule has 1 aromatic heterocycles. The predicted molar refractivity (Wildman–Crippen MR) is 73.9 cm³/mol. The lowest BCUT2D eigenvalue weighted by Gasteiger charge is -2.36. The molecular formula is C13H19N3O4. The van der Waals surface area contributed by atoms with E-state index in [2.05, 4.69) is 10.3 Å². The van der Waals surface area contributed by atoms with Crippen LogP contribution >= 0.6 is 0 Å². The zero-order valence-electron chi connectivity index (χ0n) is 11.7. The van der Waals surface area contributed by atoms with Crippen LogP contribution in [0.1, 0.15) is 18.4 Å². The van der Waals surface area contributed by atoms with Gasteiger partial charge in [-0.2, -0.15) is 0 Å². The highest BCUT2D eigenvalue weighted by Gasteiger charge is 2.33. The monoisotopic (exact) mass is 281 g/mol. The highest BCUT2D eigenvalue weighted by Crippen LogP contribution is 2.29. The fourth-order valence-electron chi connectivity index (χ4n) is 2.35. The molecule has 20 heavy (non-hydrogen) atoms. The van der Waals surface area contributed by atoms with E-state index in [0.29, 0.717) is 25.3 Å². The number of hydrogen-bond donors (Lipinski definition) is 1. The topological polar surface area (TPSA) is 86.5 Å². The maximum atomic E-state index is 11.1. The molecular weight excluding hydrogens is 262 g/mol. The summed E-state index contributed by atoms with van der Waals surface area (Å²) in [6.07, 6.45) is 3.08. The number of pyridine rings is 1. The minimum Gasteiger partial charge on any atom is -0.381 e. The Morgan fingerprint density at radius 3 is 2.85 bits per heavy atom. The number of nitrogens with zero attached hydrogens (tertiary/aromatic N) is 2. The van der Waals surface area contributed by atoms with Crippen molar-refractivity contribution in [2.24, 2.45) is 0 Å². The van der Waals surface area contributed by atoms with Crippen molar-refractivity contribution in [1.82, 2.24) is 4.98 Å². The van der Waals surface area contributed by atoms with Crippen molar-refractivity contribution < 1.29 is 14.4 Å². The van der Waals surface area contributed by atoms with Gasteiger partial charge >= 0.3 is 5.69 Å². The second-order valence-electron chi connectivity index (χ2n) is 4.94. The van der Waals surface area contributed by atoms with Crippen molar-refractivity contribution in [1.29, 1.82) is 0 Å². The van der Waals surface area contributed by atoms with Crippen LogP contribution in [0.3, 0.4) is 0 Å². The largest absolute Gasteiger partial charge is 0.381 e. The van der Waals surface area contributed by atoms with Gasteiger partial charge in [-0.25, -0.2) is 4.98 Å². The molecule has 7 nitrogen and oxygen atoms in total. The van der Waals surface area contributed by atoms with E-state index in [4.69, 9.17) is 9.47 Å². The summed E-state index contributed by atoms with van der Waals surface area (Å²) in [5.41, 5.74) is 0.258. The van der Waals surface area contributed by atoms with Crippen LogP contribution in [0.25, 0.3) is 0 Å². The Morgan fingerprint density at radius 1 is 1.55 bits per heavy atom. The van der Waals surface area contributed by atoms with Crippen LogP contribution in [0.15, 0.2) is 12.3 Å². The smallest absolute Gasteiger partial charge is 0.314 e. The standard InChI is InChI=1S/C13H19N3O4/c1-10-3-6-14-12(11(10)16(17)18)15-9-13(19-2)4-7-20-8-5-13/h3,6H,4-5,7-9H2,1-2H3,(H,14,15). The van der Waals surface area contributed by atoms with Crippen LogP contribution in [0, 0.1) is 17.0 Å². The maximum absolute atomic E-state index is 11.1. The number of aryl methyl sites for hydroxylation is 1. The Balaban J connectivity index is 2.14. The minimum absolute atomic E-state index is 0.0193. The molecule has 2 heterocycles. The molecule has 0 aromatic carbocycles. The van der Waals surface area contributed by atoms with Gasteiger partial charge in [0.1, 0.15) is 0 Å². The van der Waals surface area contributed by atoms with Gasteiger partial charge in [-0.3, -0.25) is 10.1 Å². The number of methoxy groups -OCH3 is 1. The lowest BCUT2D eigenvalue weighted by atomic mass is 9.94. The molecule has 7 heteroatoms. The summed E-state index contributed by atoms with van der Waals surface area (Å²) in [4.78, 5) is 14.8. The molecule has 1 fully saturated rings. The van der Waals surface area contributed by atoms with E-state index >= 15 is 0 Å². The van der Waals surface area contributed by atoms with Gasteiger partial charge in [0.25, 0.3) is 0 Å². The molecule has 0 atom stereocenters. The Kier molecular flexibility index (Phi) is 4.51. The Morgan fingerprint density at radius 2 is 2.25 bits per heavy atom. The van der Waals surface area contributed by atoms with Gasteiger partial charge < -0.3 is 14.8 Å². The maximum Gasteiger partial charge on any atom is 0.314 e. The predicted octanol–water partition coefficient (Wildman–Crippen LogP) is 1.91. The summed E-state index contributed by atoms with van der Waals surface area (Å²) >= 11 is 0. The third-order valence-corrected chi connectivity index (χ3v) is 3.72. The first-order valence-corrected chi connectivity index (χ1v) is 6.55. The van der Waals surface area contributed by atoms with Gasteiger partial charge in [0.2, 0.25) is 5.82 Å². The summed E-state index contributed by atoms with van der Waals surface area (Å²) in [5, 5.41) is 14.2. The molecule has 0 aliphatic carbocycles. The van der Waals surface area contributed by atoms with Gasteiger partial charge in [0, 0.05) is 51.5 Å². The molecule has 2 rings (SSSR count). The number of nitrogens with one attached hydrogen (secondary N) is 1. The Labute approximate surface area is 117 Å². The van der Waals surface area contributed by atoms with Crippen molar-refractivity contribution in [3.63, 3.8) is 0 Å². The molecule has 0 radical (unpaired) electrons. The third-order valence-electron chi connectivity index (χ3n) is 3.72. The first-order valence-electron chi connectivity index (χ1n) is 6.55. The van der Waals surface area contributed by atoms with Crippen LogP contribution in [-0.2, 0) is 9.47 Å². The van der Waals surface area contributed by atoms with Gasteiger partial charge in [0.15, 0.2) is 0 Å². The zero-order valence-corrected chi connectivity index (χ0v) is 11.7. The van der Waals surface area contributed by atoms with E-state index in [9.17, 15) is 10.1 Å². The second kappa shape index (κ2) is 6.15. The zero-order chi connectivity index (χ0) is 14.6. The second-order valence-corrected chi connectivity index (χ2v) is 4.94. The molecule has 0 bridgehead atoms. The first-order chi connectivity index (χ1) is 9.58. The number of hydrogen-bond acceptors (Lipinski definition) is 6. The molecule has 1 aliphatic rings. The highest BCUT2D eigenvalue weighted by atomic mass is 16.6. The molecule has 110 valence electrons. The van der Waals surface area contributed by atoms with E-state index in [-0.39, 0.29) is 17.1 Å². The van der Waals surface area contributed by atoms with Crippen molar-refractivity contribution in [2.75, 3.05) is 32.2 Å². The van der Waals surface area contributed by atoms with Gasteiger partial charge in [0.05, 0.1) is 10.5 Å². The molecule has 1 N–H and O–H groups in total. The highest BCUT2D eigenvalue weighted by molar-refractivity contribution is 5.59. The Bertz CT molecular complexity index is 487. The molecule has 0 unspecified atom stereocenters. The summed E-state index contributed by atoms with van der Waals surface area (Å²) in [7, 11) is 1.66. The average Bonchev–Trinajstić information content (AvgIpc) is 2.45. The van der Waals surface area contributed by atoms with Crippen LogP contribution < -0.4 is 5.32 Å². The summed E-state index contributed by atoms with van der Waals surface area (Å²) < 4.78 is 10.9. The van der Waals surface area contributed by atoms with Crippen molar-refractivity contribution in [2.45, 2.75) is 25.4 Å². The SMILES string of the molecule is COC1(CNc2nccc(C)c2[N+](=O)[O-])CCOCC1. The molecule has 1 aliphatic heterocycles. The molecule has 1 aromatic rings. The summed E-state index contributed by atoms with van der Waals surface area (Å²) in [6.45, 7) is 3.45. The van der Waals surface area contributed by atoms with Crippen molar-refractivity contribution >= 4 is 11.5 Å². The third kappa shape index (κ3) is 3.05. The van der Waals surface area contributed by atoms with Crippen LogP contribution in [-0.4, -0.2) is 42.4 Å². The van der Waals surface area contributed by atoms with Crippen molar-refractivity contribution in [3.8, 4) is 0 Å². The summed E-state index contributed by atoms with van der Waals surface area (Å²) in [6, 6.07) is 1.63. The summed E-state index contributed by atoms with van der Waals surface area (Å²) in [5.74, 6) is 0.290. The fourth-order valence-corrected chi connectivity index (χ4v) is 2.35. The van der Waals surface area contributed by atoms with Gasteiger partial charge in [-0.05, 0) is 13.0 Å². The van der Waals surface area contributed by atoms with E-state index in [0.717, 1.165) is 12.8 Å². The quantitative estimate of drug-likeness (QED) is 0.655. The van der Waals surface area contributed by atoms with Crippen molar-refractivity contribution in [3.05, 3.63) is 27.9 Å². The average molecular weight is 281 g/mol. The number of aromatic nitrogens is 1. The van der Waals surface area contributed by atoms with E-state index < -0.39 is 4.92 Å².